The number of aliphatic hydroxyl groups excluding tert-OH is 1. The van der Waals surface area contributed by atoms with Crippen molar-refractivity contribution in [3.8, 4) is 0 Å². The maximum absolute atomic E-state index is 13.3. The van der Waals surface area contributed by atoms with Crippen LogP contribution in [0, 0.1) is 15.9 Å². The van der Waals surface area contributed by atoms with E-state index in [1.807, 2.05) is 0 Å². The molecular weight excluding hydrogens is 289 g/mol. The van der Waals surface area contributed by atoms with Gasteiger partial charge in [0.05, 0.1) is 11.0 Å². The highest BCUT2D eigenvalue weighted by molar-refractivity contribution is 9.10. The second-order valence-electron chi connectivity index (χ2n) is 2.82. The minimum absolute atomic E-state index is 0.172. The number of nitro groups is 1. The zero-order valence-corrected chi connectivity index (χ0v) is 9.14. The van der Waals surface area contributed by atoms with Crippen molar-refractivity contribution in [2.24, 2.45) is 0 Å². The van der Waals surface area contributed by atoms with Crippen molar-refractivity contribution in [2.75, 3.05) is 0 Å². The number of non-ortho nitro benzene ring substituents is 1. The number of rotatable bonds is 3. The van der Waals surface area contributed by atoms with Gasteiger partial charge < -0.3 is 10.2 Å². The molecule has 0 radical (unpaired) electrons. The molecule has 1 aromatic rings. The second-order valence-corrected chi connectivity index (χ2v) is 3.68. The molecule has 0 aliphatic carbocycles. The number of carboxylic acid groups (broad SMARTS) is 1. The average Bonchev–Trinajstić information content (AvgIpc) is 2.15. The van der Waals surface area contributed by atoms with Crippen LogP contribution >= 0.6 is 15.9 Å². The van der Waals surface area contributed by atoms with Crippen LogP contribution < -0.4 is 0 Å². The van der Waals surface area contributed by atoms with E-state index in [-0.39, 0.29) is 4.47 Å². The Balaban J connectivity index is 3.33. The van der Waals surface area contributed by atoms with E-state index in [2.05, 4.69) is 15.9 Å². The summed E-state index contributed by atoms with van der Waals surface area (Å²) >= 11 is 2.77. The zero-order chi connectivity index (χ0) is 12.5. The van der Waals surface area contributed by atoms with Gasteiger partial charge in [0.1, 0.15) is 5.82 Å². The third-order valence-corrected chi connectivity index (χ3v) is 2.44. The average molecular weight is 294 g/mol. The Morgan fingerprint density at radius 3 is 2.50 bits per heavy atom. The maximum atomic E-state index is 13.3. The molecule has 1 aromatic carbocycles. The van der Waals surface area contributed by atoms with E-state index >= 15 is 0 Å². The van der Waals surface area contributed by atoms with E-state index < -0.39 is 34.1 Å². The first-order valence-electron chi connectivity index (χ1n) is 3.88. The van der Waals surface area contributed by atoms with Gasteiger partial charge in [0.25, 0.3) is 5.69 Å². The molecule has 0 aliphatic heterocycles. The van der Waals surface area contributed by atoms with Crippen LogP contribution in [0.4, 0.5) is 10.1 Å². The monoisotopic (exact) mass is 293 g/mol. The standard InChI is InChI=1S/C8H5BrFNO5/c9-4-1-3(11(15)16)2-5(10)6(4)7(12)8(13)14/h1-2,7,12H,(H,13,14). The molecule has 0 aliphatic rings. The van der Waals surface area contributed by atoms with Gasteiger partial charge in [-0.25, -0.2) is 9.18 Å². The second kappa shape index (κ2) is 4.54. The fourth-order valence-electron chi connectivity index (χ4n) is 1.06. The molecule has 1 atom stereocenters. The van der Waals surface area contributed by atoms with Crippen molar-refractivity contribution < 1.29 is 24.3 Å². The zero-order valence-electron chi connectivity index (χ0n) is 7.55. The molecule has 0 spiro atoms. The van der Waals surface area contributed by atoms with E-state index in [0.29, 0.717) is 6.07 Å². The van der Waals surface area contributed by atoms with Crippen LogP contribution in [0.25, 0.3) is 0 Å². The van der Waals surface area contributed by atoms with E-state index in [1.165, 1.54) is 0 Å². The van der Waals surface area contributed by atoms with Crippen molar-refractivity contribution in [2.45, 2.75) is 6.10 Å². The molecule has 1 rings (SSSR count). The van der Waals surface area contributed by atoms with Crippen LogP contribution in [-0.4, -0.2) is 21.1 Å². The molecule has 2 N–H and O–H groups in total. The number of aliphatic carboxylic acids is 1. The Morgan fingerprint density at radius 1 is 1.56 bits per heavy atom. The minimum Gasteiger partial charge on any atom is -0.479 e. The minimum atomic E-state index is -2.07. The van der Waals surface area contributed by atoms with Gasteiger partial charge in [-0.05, 0) is 0 Å². The first kappa shape index (κ1) is 12.5. The van der Waals surface area contributed by atoms with E-state index in [4.69, 9.17) is 10.2 Å². The van der Waals surface area contributed by atoms with Crippen LogP contribution in [0.15, 0.2) is 16.6 Å². The van der Waals surface area contributed by atoms with Crippen molar-refractivity contribution >= 4 is 27.6 Å². The van der Waals surface area contributed by atoms with Gasteiger partial charge in [0, 0.05) is 16.1 Å². The van der Waals surface area contributed by atoms with E-state index in [1.54, 1.807) is 0 Å². The van der Waals surface area contributed by atoms with E-state index in [9.17, 15) is 19.3 Å². The fourth-order valence-corrected chi connectivity index (χ4v) is 1.70. The summed E-state index contributed by atoms with van der Waals surface area (Å²) in [6.45, 7) is 0. The van der Waals surface area contributed by atoms with Gasteiger partial charge in [0.15, 0.2) is 6.10 Å². The van der Waals surface area contributed by atoms with Crippen molar-refractivity contribution in [3.05, 3.63) is 38.1 Å². The van der Waals surface area contributed by atoms with Gasteiger partial charge in [-0.1, -0.05) is 15.9 Å². The number of nitro benzene ring substituents is 1. The summed E-state index contributed by atoms with van der Waals surface area (Å²) < 4.78 is 13.2. The predicted octanol–water partition coefficient (Wildman–Crippen LogP) is 1.61. The molecule has 0 saturated heterocycles. The molecule has 0 heterocycles. The summed E-state index contributed by atoms with van der Waals surface area (Å²) in [5.41, 5.74) is -1.08. The predicted molar refractivity (Wildman–Crippen MR) is 53.4 cm³/mol. The molecular formula is C8H5BrFNO5. The largest absolute Gasteiger partial charge is 0.479 e. The Bertz CT molecular complexity index is 441. The smallest absolute Gasteiger partial charge is 0.337 e. The van der Waals surface area contributed by atoms with Crippen molar-refractivity contribution in [3.63, 3.8) is 0 Å². The highest BCUT2D eigenvalue weighted by Crippen LogP contribution is 2.30. The number of hydrogen-bond acceptors (Lipinski definition) is 4. The highest BCUT2D eigenvalue weighted by atomic mass is 79.9. The Labute approximate surface area is 96.6 Å². The van der Waals surface area contributed by atoms with E-state index in [0.717, 1.165) is 6.07 Å². The molecule has 0 bridgehead atoms. The molecule has 0 fully saturated rings. The normalized spacial score (nSPS) is 12.2. The quantitative estimate of drug-likeness (QED) is 0.651. The summed E-state index contributed by atoms with van der Waals surface area (Å²) in [6, 6.07) is 1.47. The first-order chi connectivity index (χ1) is 7.34. The number of halogens is 2. The third kappa shape index (κ3) is 2.34. The number of carboxylic acids is 1. The Morgan fingerprint density at radius 2 is 2.12 bits per heavy atom. The molecule has 0 aromatic heterocycles. The summed E-state index contributed by atoms with van der Waals surface area (Å²) in [6.07, 6.45) is -2.07. The number of carbonyl (C=O) groups is 1. The summed E-state index contributed by atoms with van der Waals surface area (Å²) in [4.78, 5) is 20.0. The third-order valence-electron chi connectivity index (χ3n) is 1.78. The molecule has 0 amide bonds. The summed E-state index contributed by atoms with van der Waals surface area (Å²) in [7, 11) is 0. The van der Waals surface area contributed by atoms with Crippen LogP contribution in [0.5, 0.6) is 0 Å². The number of hydrogen-bond donors (Lipinski definition) is 2. The van der Waals surface area contributed by atoms with Gasteiger partial charge in [-0.2, -0.15) is 0 Å². The number of nitrogens with zero attached hydrogens (tertiary/aromatic N) is 1. The lowest BCUT2D eigenvalue weighted by Crippen LogP contribution is -2.13. The number of benzene rings is 1. The Kier molecular flexibility index (Phi) is 3.55. The Hall–Kier alpha value is -1.54. The summed E-state index contributed by atoms with van der Waals surface area (Å²) in [5.74, 6) is -2.80. The molecule has 6 nitrogen and oxygen atoms in total. The molecule has 0 saturated carbocycles. The van der Waals surface area contributed by atoms with Crippen LogP contribution in [0.2, 0.25) is 0 Å². The lowest BCUT2D eigenvalue weighted by Gasteiger charge is -2.09. The van der Waals surface area contributed by atoms with Gasteiger partial charge >= 0.3 is 5.97 Å². The van der Waals surface area contributed by atoms with Crippen LogP contribution in [-0.2, 0) is 4.79 Å². The number of aliphatic hydroxyl groups is 1. The molecule has 86 valence electrons. The lowest BCUT2D eigenvalue weighted by atomic mass is 10.1. The summed E-state index contributed by atoms with van der Waals surface area (Å²) in [5, 5.41) is 28.0. The fraction of sp³-hybridized carbons (Fsp3) is 0.125. The van der Waals surface area contributed by atoms with Crippen LogP contribution in [0.3, 0.4) is 0 Å². The molecule has 1 unspecified atom stereocenters. The van der Waals surface area contributed by atoms with Crippen molar-refractivity contribution in [1.82, 2.24) is 0 Å². The maximum Gasteiger partial charge on any atom is 0.337 e. The van der Waals surface area contributed by atoms with Gasteiger partial charge in [-0.3, -0.25) is 10.1 Å². The van der Waals surface area contributed by atoms with Gasteiger partial charge in [-0.15, -0.1) is 0 Å². The van der Waals surface area contributed by atoms with Gasteiger partial charge in [0.2, 0.25) is 0 Å². The lowest BCUT2D eigenvalue weighted by molar-refractivity contribution is -0.385. The molecule has 8 heteroatoms. The molecule has 16 heavy (non-hydrogen) atoms. The topological polar surface area (TPSA) is 101 Å². The highest BCUT2D eigenvalue weighted by Gasteiger charge is 2.25. The first-order valence-corrected chi connectivity index (χ1v) is 4.68. The van der Waals surface area contributed by atoms with Crippen LogP contribution in [0.1, 0.15) is 11.7 Å². The SMILES string of the molecule is O=C(O)C(O)c1c(F)cc([N+](=O)[O-])cc1Br. The van der Waals surface area contributed by atoms with Crippen molar-refractivity contribution in [1.29, 1.82) is 0 Å².